The van der Waals surface area contributed by atoms with Crippen LogP contribution in [0.2, 0.25) is 0 Å². The summed E-state index contributed by atoms with van der Waals surface area (Å²) in [7, 11) is 0. The second-order valence-electron chi connectivity index (χ2n) is 5.82. The van der Waals surface area contributed by atoms with Gasteiger partial charge in [0.2, 0.25) is 0 Å². The van der Waals surface area contributed by atoms with E-state index in [9.17, 15) is 9.59 Å². The molecule has 5 nitrogen and oxygen atoms in total. The van der Waals surface area contributed by atoms with Crippen molar-refractivity contribution in [2.45, 2.75) is 44.8 Å². The summed E-state index contributed by atoms with van der Waals surface area (Å²) in [5.41, 5.74) is 5.90. The number of carbonyl (C=O) groups excluding carboxylic acids is 1. The summed E-state index contributed by atoms with van der Waals surface area (Å²) in [6.07, 6.45) is -0.306. The first kappa shape index (κ1) is 17.7. The summed E-state index contributed by atoms with van der Waals surface area (Å²) in [5.74, 6) is -2.37. The molecule has 0 aliphatic carbocycles. The van der Waals surface area contributed by atoms with Crippen LogP contribution in [-0.4, -0.2) is 28.7 Å². The second-order valence-corrected chi connectivity index (χ2v) is 6.74. The highest BCUT2D eigenvalue weighted by Gasteiger charge is 2.32. The Bertz CT molecular complexity index is 507. The van der Waals surface area contributed by atoms with E-state index < -0.39 is 29.5 Å². The van der Waals surface area contributed by atoms with Crippen LogP contribution in [-0.2, 0) is 14.3 Å². The van der Waals surface area contributed by atoms with Crippen molar-refractivity contribution in [1.82, 2.24) is 0 Å². The fourth-order valence-corrected chi connectivity index (χ4v) is 2.18. The fourth-order valence-electron chi connectivity index (χ4n) is 1.91. The number of esters is 1. The third-order valence-corrected chi connectivity index (χ3v) is 3.26. The number of hydrogen-bond donors (Lipinski definition) is 2. The highest BCUT2D eigenvalue weighted by molar-refractivity contribution is 9.10. The van der Waals surface area contributed by atoms with Crippen molar-refractivity contribution in [3.05, 3.63) is 34.3 Å². The number of carbonyl (C=O) groups is 2. The Morgan fingerprint density at radius 1 is 1.29 bits per heavy atom. The molecule has 0 fully saturated rings. The molecule has 0 saturated carbocycles. The van der Waals surface area contributed by atoms with E-state index in [1.165, 1.54) is 0 Å². The standard InChI is InChI=1S/C15H20BrNO4/c1-15(2,3)21-14(20)13(11(17)8-12(18)19)9-4-6-10(16)7-5-9/h4-7,11,13H,8,17H2,1-3H3,(H,18,19). The quantitative estimate of drug-likeness (QED) is 0.790. The molecule has 6 heteroatoms. The molecule has 0 aliphatic rings. The number of rotatable bonds is 5. The van der Waals surface area contributed by atoms with Crippen LogP contribution in [0, 0.1) is 0 Å². The van der Waals surface area contributed by atoms with E-state index in [-0.39, 0.29) is 6.42 Å². The van der Waals surface area contributed by atoms with Crippen molar-refractivity contribution in [3.8, 4) is 0 Å². The lowest BCUT2D eigenvalue weighted by molar-refractivity contribution is -0.157. The molecule has 1 rings (SSSR count). The van der Waals surface area contributed by atoms with Gasteiger partial charge in [-0.2, -0.15) is 0 Å². The highest BCUT2D eigenvalue weighted by atomic mass is 79.9. The molecule has 2 atom stereocenters. The van der Waals surface area contributed by atoms with Gasteiger partial charge in [0.25, 0.3) is 0 Å². The summed E-state index contributed by atoms with van der Waals surface area (Å²) >= 11 is 3.32. The average Bonchev–Trinajstić information content (AvgIpc) is 2.28. The smallest absolute Gasteiger partial charge is 0.315 e. The predicted molar refractivity (Wildman–Crippen MR) is 83.0 cm³/mol. The van der Waals surface area contributed by atoms with Crippen molar-refractivity contribution in [2.24, 2.45) is 5.73 Å². The SMILES string of the molecule is CC(C)(C)OC(=O)C(c1ccc(Br)cc1)C(N)CC(=O)O. The van der Waals surface area contributed by atoms with E-state index in [4.69, 9.17) is 15.6 Å². The van der Waals surface area contributed by atoms with E-state index in [1.54, 1.807) is 45.0 Å². The Balaban J connectivity index is 3.07. The van der Waals surface area contributed by atoms with E-state index in [1.807, 2.05) is 0 Å². The van der Waals surface area contributed by atoms with Crippen LogP contribution >= 0.6 is 15.9 Å². The molecule has 0 spiro atoms. The molecule has 0 bridgehead atoms. The maximum absolute atomic E-state index is 12.4. The molecule has 0 heterocycles. The number of carboxylic acids is 1. The maximum atomic E-state index is 12.4. The summed E-state index contributed by atoms with van der Waals surface area (Å²) in [6.45, 7) is 5.27. The lowest BCUT2D eigenvalue weighted by Gasteiger charge is -2.27. The van der Waals surface area contributed by atoms with Crippen molar-refractivity contribution in [3.63, 3.8) is 0 Å². The number of nitrogens with two attached hydrogens (primary N) is 1. The number of carboxylic acid groups (broad SMARTS) is 1. The topological polar surface area (TPSA) is 89.6 Å². The van der Waals surface area contributed by atoms with Gasteiger partial charge in [0, 0.05) is 10.5 Å². The lowest BCUT2D eigenvalue weighted by Crippen LogP contribution is -2.39. The largest absolute Gasteiger partial charge is 0.481 e. The number of aliphatic carboxylic acids is 1. The van der Waals surface area contributed by atoms with Gasteiger partial charge in [-0.25, -0.2) is 0 Å². The normalized spacial score (nSPS) is 14.3. The lowest BCUT2D eigenvalue weighted by atomic mass is 9.90. The first-order valence-electron chi connectivity index (χ1n) is 6.56. The molecule has 2 unspecified atom stereocenters. The molecule has 0 saturated heterocycles. The van der Waals surface area contributed by atoms with E-state index in [0.717, 1.165) is 4.47 Å². The van der Waals surface area contributed by atoms with Crippen LogP contribution in [0.3, 0.4) is 0 Å². The molecule has 0 radical (unpaired) electrons. The monoisotopic (exact) mass is 357 g/mol. The Hall–Kier alpha value is -1.40. The summed E-state index contributed by atoms with van der Waals surface area (Å²) in [5, 5.41) is 8.90. The average molecular weight is 358 g/mol. The fraction of sp³-hybridized carbons (Fsp3) is 0.467. The zero-order valence-electron chi connectivity index (χ0n) is 12.3. The number of benzene rings is 1. The number of ether oxygens (including phenoxy) is 1. The van der Waals surface area contributed by atoms with Crippen LogP contribution in [0.5, 0.6) is 0 Å². The Morgan fingerprint density at radius 2 is 1.81 bits per heavy atom. The predicted octanol–water partition coefficient (Wildman–Crippen LogP) is 2.68. The van der Waals surface area contributed by atoms with Crippen LogP contribution in [0.4, 0.5) is 0 Å². The highest BCUT2D eigenvalue weighted by Crippen LogP contribution is 2.26. The minimum absolute atomic E-state index is 0.306. The Labute approximate surface area is 132 Å². The van der Waals surface area contributed by atoms with Gasteiger partial charge in [0.05, 0.1) is 12.3 Å². The van der Waals surface area contributed by atoms with E-state index in [2.05, 4.69) is 15.9 Å². The van der Waals surface area contributed by atoms with Gasteiger partial charge < -0.3 is 15.6 Å². The van der Waals surface area contributed by atoms with Crippen molar-refractivity contribution >= 4 is 27.9 Å². The van der Waals surface area contributed by atoms with E-state index in [0.29, 0.717) is 5.56 Å². The Kier molecular flexibility index (Phi) is 5.92. The van der Waals surface area contributed by atoms with Gasteiger partial charge in [-0.3, -0.25) is 9.59 Å². The first-order valence-corrected chi connectivity index (χ1v) is 7.35. The number of halogens is 1. The molecule has 0 aliphatic heterocycles. The van der Waals surface area contributed by atoms with Gasteiger partial charge >= 0.3 is 11.9 Å². The maximum Gasteiger partial charge on any atom is 0.315 e. The second kappa shape index (κ2) is 7.04. The minimum Gasteiger partial charge on any atom is -0.481 e. The van der Waals surface area contributed by atoms with Crippen LogP contribution in [0.1, 0.15) is 38.7 Å². The minimum atomic E-state index is -1.05. The zero-order chi connectivity index (χ0) is 16.2. The third kappa shape index (κ3) is 5.85. The van der Waals surface area contributed by atoms with Gasteiger partial charge in [-0.15, -0.1) is 0 Å². The molecular formula is C15H20BrNO4. The molecule has 1 aromatic rings. The van der Waals surface area contributed by atoms with Crippen LogP contribution < -0.4 is 5.73 Å². The molecule has 0 amide bonds. The van der Waals surface area contributed by atoms with Crippen LogP contribution in [0.25, 0.3) is 0 Å². The van der Waals surface area contributed by atoms with Gasteiger partial charge in [0.15, 0.2) is 0 Å². The first-order chi connectivity index (χ1) is 9.60. The van der Waals surface area contributed by atoms with Gasteiger partial charge in [-0.05, 0) is 38.5 Å². The number of hydrogen-bond acceptors (Lipinski definition) is 4. The van der Waals surface area contributed by atoms with Crippen LogP contribution in [0.15, 0.2) is 28.7 Å². The van der Waals surface area contributed by atoms with Crippen molar-refractivity contribution < 1.29 is 19.4 Å². The zero-order valence-corrected chi connectivity index (χ0v) is 13.9. The van der Waals surface area contributed by atoms with Gasteiger partial charge in [0.1, 0.15) is 5.60 Å². The molecule has 1 aromatic carbocycles. The third-order valence-electron chi connectivity index (χ3n) is 2.73. The molecular weight excluding hydrogens is 338 g/mol. The summed E-state index contributed by atoms with van der Waals surface area (Å²) < 4.78 is 6.23. The molecule has 0 aromatic heterocycles. The van der Waals surface area contributed by atoms with Gasteiger partial charge in [-0.1, -0.05) is 28.1 Å². The van der Waals surface area contributed by atoms with Crippen molar-refractivity contribution in [2.75, 3.05) is 0 Å². The molecule has 3 N–H and O–H groups in total. The molecule has 21 heavy (non-hydrogen) atoms. The summed E-state index contributed by atoms with van der Waals surface area (Å²) in [4.78, 5) is 23.2. The Morgan fingerprint density at radius 3 is 2.24 bits per heavy atom. The van der Waals surface area contributed by atoms with Crippen molar-refractivity contribution in [1.29, 1.82) is 0 Å². The van der Waals surface area contributed by atoms with E-state index >= 15 is 0 Å². The molecule has 116 valence electrons. The summed E-state index contributed by atoms with van der Waals surface area (Å²) in [6, 6.07) is 6.18.